The summed E-state index contributed by atoms with van der Waals surface area (Å²) in [5, 5.41) is 6.21. The van der Waals surface area contributed by atoms with Crippen LogP contribution in [-0.2, 0) is 4.74 Å². The molecule has 0 spiro atoms. The molecule has 0 fully saturated rings. The first-order valence-corrected chi connectivity index (χ1v) is 12.3. The van der Waals surface area contributed by atoms with Crippen molar-refractivity contribution in [2.45, 2.75) is 46.1 Å². The van der Waals surface area contributed by atoms with Crippen molar-refractivity contribution >= 4 is 38.4 Å². The van der Waals surface area contributed by atoms with E-state index in [0.29, 0.717) is 27.1 Å². The first-order chi connectivity index (χ1) is 16.5. The number of aromatic nitrogens is 1. The molecule has 2 N–H and O–H groups in total. The third-order valence-electron chi connectivity index (χ3n) is 5.86. The van der Waals surface area contributed by atoms with Crippen molar-refractivity contribution in [2.75, 3.05) is 13.7 Å². The topological polar surface area (TPSA) is 80.4 Å². The molecule has 2 heterocycles. The van der Waals surface area contributed by atoms with Gasteiger partial charge in [0, 0.05) is 28.8 Å². The van der Waals surface area contributed by atoms with Crippen LogP contribution < -0.4 is 15.6 Å². The molecule has 4 aromatic rings. The summed E-state index contributed by atoms with van der Waals surface area (Å²) in [7, 11) is 1.58. The van der Waals surface area contributed by atoms with Crippen molar-refractivity contribution in [1.82, 2.24) is 10.3 Å². The van der Waals surface area contributed by atoms with Crippen LogP contribution in [0.25, 0.3) is 32.1 Å². The minimum absolute atomic E-state index is 0.144. The fourth-order valence-electron chi connectivity index (χ4n) is 4.26. The zero-order valence-corrected chi connectivity index (χ0v) is 21.5. The predicted octanol–water partition coefficient (Wildman–Crippen LogP) is 6.49. The molecule has 35 heavy (non-hydrogen) atoms. The highest BCUT2D eigenvalue weighted by Gasteiger charge is 2.21. The van der Waals surface area contributed by atoms with E-state index in [-0.39, 0.29) is 23.8 Å². The van der Waals surface area contributed by atoms with E-state index in [1.807, 2.05) is 37.4 Å². The molecule has 0 aliphatic rings. The average Bonchev–Trinajstić information content (AvgIpc) is 3.27. The van der Waals surface area contributed by atoms with Gasteiger partial charge in [0.05, 0.1) is 12.6 Å². The van der Waals surface area contributed by atoms with Gasteiger partial charge in [-0.1, -0.05) is 19.1 Å². The number of alkyl carbamates (subject to hydrolysis) is 1. The Morgan fingerprint density at radius 3 is 2.63 bits per heavy atom. The van der Waals surface area contributed by atoms with Gasteiger partial charge in [-0.05, 0) is 68.0 Å². The lowest BCUT2D eigenvalue weighted by atomic mass is 9.92. The van der Waals surface area contributed by atoms with Crippen LogP contribution in [0, 0.1) is 12.7 Å². The fourth-order valence-corrected chi connectivity index (χ4v) is 5.05. The first-order valence-electron chi connectivity index (χ1n) is 11.4. The predicted molar refractivity (Wildman–Crippen MR) is 139 cm³/mol. The Kier molecular flexibility index (Phi) is 6.60. The molecule has 0 bridgehead atoms. The van der Waals surface area contributed by atoms with E-state index in [9.17, 15) is 9.59 Å². The van der Waals surface area contributed by atoms with Crippen molar-refractivity contribution in [3.05, 3.63) is 63.0 Å². The summed E-state index contributed by atoms with van der Waals surface area (Å²) in [5.74, 6) is -0.0581. The van der Waals surface area contributed by atoms with E-state index in [4.69, 9.17) is 9.47 Å². The van der Waals surface area contributed by atoms with E-state index >= 15 is 4.39 Å². The zero-order valence-electron chi connectivity index (χ0n) is 20.7. The second kappa shape index (κ2) is 9.34. The monoisotopic (exact) mass is 496 g/mol. The number of benzene rings is 2. The number of carbonyl (C=O) groups is 1. The number of carbonyl (C=O) groups excluding carboxylic acids is 1. The molecule has 4 rings (SSSR count). The van der Waals surface area contributed by atoms with Gasteiger partial charge in [0.2, 0.25) is 0 Å². The summed E-state index contributed by atoms with van der Waals surface area (Å²) in [5.41, 5.74) is 2.66. The highest BCUT2D eigenvalue weighted by atomic mass is 32.1. The normalized spacial score (nSPS) is 12.7. The molecule has 0 aliphatic heterocycles. The number of thiophene rings is 1. The van der Waals surface area contributed by atoms with E-state index in [2.05, 4.69) is 10.3 Å². The summed E-state index contributed by atoms with van der Waals surface area (Å²) in [6.45, 7) is 9.35. The lowest BCUT2D eigenvalue weighted by Gasteiger charge is -2.21. The van der Waals surface area contributed by atoms with E-state index in [1.54, 1.807) is 33.9 Å². The van der Waals surface area contributed by atoms with Gasteiger partial charge in [0.15, 0.2) is 0 Å². The van der Waals surface area contributed by atoms with Gasteiger partial charge in [-0.2, -0.15) is 0 Å². The number of halogens is 1. The van der Waals surface area contributed by atoms with Gasteiger partial charge in [0.25, 0.3) is 5.56 Å². The number of hydrogen-bond donors (Lipinski definition) is 2. The molecule has 0 saturated heterocycles. The maximum atomic E-state index is 15.4. The number of hydrogen-bond acceptors (Lipinski definition) is 5. The second-order valence-corrected chi connectivity index (χ2v) is 10.6. The number of methoxy groups -OCH3 is 1. The van der Waals surface area contributed by atoms with Crippen LogP contribution in [0.1, 0.15) is 44.7 Å². The Hall–Kier alpha value is -3.39. The number of aryl methyl sites for hydroxylation is 1. The Bertz CT molecular complexity index is 1480. The fraction of sp³-hybridized carbons (Fsp3) is 0.333. The molecule has 184 valence electrons. The number of amides is 1. The molecule has 6 nitrogen and oxygen atoms in total. The molecule has 2 aromatic carbocycles. The van der Waals surface area contributed by atoms with Crippen LogP contribution in [0.15, 0.2) is 40.5 Å². The zero-order chi connectivity index (χ0) is 25.5. The van der Waals surface area contributed by atoms with Crippen LogP contribution >= 0.6 is 11.3 Å². The Balaban J connectivity index is 1.75. The average molecular weight is 497 g/mol. The van der Waals surface area contributed by atoms with Crippen LogP contribution in [0.2, 0.25) is 0 Å². The third kappa shape index (κ3) is 4.89. The summed E-state index contributed by atoms with van der Waals surface area (Å²) >= 11 is 1.37. The molecule has 2 aromatic heterocycles. The van der Waals surface area contributed by atoms with Crippen molar-refractivity contribution in [2.24, 2.45) is 0 Å². The Labute approximate surface area is 207 Å². The van der Waals surface area contributed by atoms with Crippen molar-refractivity contribution in [3.63, 3.8) is 0 Å². The summed E-state index contributed by atoms with van der Waals surface area (Å²) < 4.78 is 26.9. The van der Waals surface area contributed by atoms with Gasteiger partial charge in [0.1, 0.15) is 21.9 Å². The van der Waals surface area contributed by atoms with Crippen molar-refractivity contribution < 1.29 is 18.7 Å². The highest BCUT2D eigenvalue weighted by Crippen LogP contribution is 2.42. The lowest BCUT2D eigenvalue weighted by Crippen LogP contribution is -2.34. The van der Waals surface area contributed by atoms with Gasteiger partial charge < -0.3 is 19.8 Å². The standard InChI is InChI=1S/C27H29FN2O4S/c1-14-11-20(33-6)21(22-18-9-10-35-24(18)25(31)30-23(14)22)16-7-8-17(19(28)12-16)15(2)13-29-26(32)34-27(3,4)5/h7-12,15H,13H2,1-6H3,(H,29,32)(H,30,31)/t15-/m0/s1. The number of H-pyrrole nitrogens is 1. The van der Waals surface area contributed by atoms with Crippen molar-refractivity contribution in [1.29, 1.82) is 0 Å². The van der Waals surface area contributed by atoms with Gasteiger partial charge in [-0.25, -0.2) is 9.18 Å². The molecule has 1 amide bonds. The number of pyridine rings is 1. The number of rotatable bonds is 5. The van der Waals surface area contributed by atoms with Gasteiger partial charge in [-0.15, -0.1) is 11.3 Å². The van der Waals surface area contributed by atoms with E-state index < -0.39 is 11.7 Å². The lowest BCUT2D eigenvalue weighted by molar-refractivity contribution is 0.0525. The molecule has 1 atom stereocenters. The minimum atomic E-state index is -0.603. The van der Waals surface area contributed by atoms with E-state index in [1.165, 1.54) is 17.4 Å². The molecule has 0 saturated carbocycles. The smallest absolute Gasteiger partial charge is 0.407 e. The molecule has 0 radical (unpaired) electrons. The molecule has 0 unspecified atom stereocenters. The Morgan fingerprint density at radius 2 is 1.97 bits per heavy atom. The van der Waals surface area contributed by atoms with Gasteiger partial charge >= 0.3 is 6.09 Å². The first kappa shape index (κ1) is 24.7. The van der Waals surface area contributed by atoms with Gasteiger partial charge in [-0.3, -0.25) is 4.79 Å². The minimum Gasteiger partial charge on any atom is -0.496 e. The van der Waals surface area contributed by atoms with E-state index in [0.717, 1.165) is 21.9 Å². The number of aromatic amines is 1. The summed E-state index contributed by atoms with van der Waals surface area (Å²) in [6.07, 6.45) is -0.536. The third-order valence-corrected chi connectivity index (χ3v) is 6.77. The maximum Gasteiger partial charge on any atom is 0.407 e. The quantitative estimate of drug-likeness (QED) is 0.331. The highest BCUT2D eigenvalue weighted by molar-refractivity contribution is 7.17. The number of nitrogens with one attached hydrogen (secondary N) is 2. The Morgan fingerprint density at radius 1 is 1.23 bits per heavy atom. The summed E-state index contributed by atoms with van der Waals surface area (Å²) in [4.78, 5) is 27.6. The number of ether oxygens (including phenoxy) is 2. The largest absolute Gasteiger partial charge is 0.496 e. The van der Waals surface area contributed by atoms with Crippen LogP contribution in [0.5, 0.6) is 5.75 Å². The maximum absolute atomic E-state index is 15.4. The van der Waals surface area contributed by atoms with Crippen LogP contribution in [0.3, 0.4) is 0 Å². The number of fused-ring (bicyclic) bond motifs is 3. The molecule has 0 aliphatic carbocycles. The van der Waals surface area contributed by atoms with Crippen LogP contribution in [0.4, 0.5) is 9.18 Å². The second-order valence-electron chi connectivity index (χ2n) is 9.66. The molecular formula is C27H29FN2O4S. The molecular weight excluding hydrogens is 467 g/mol. The van der Waals surface area contributed by atoms with Crippen molar-refractivity contribution in [3.8, 4) is 16.9 Å². The SMILES string of the molecule is COc1cc(C)c2[nH]c(=O)c3sccc3c2c1-c1ccc([C@@H](C)CNC(=O)OC(C)(C)C)c(F)c1. The molecule has 8 heteroatoms. The summed E-state index contributed by atoms with van der Waals surface area (Å²) in [6, 6.07) is 8.82. The van der Waals surface area contributed by atoms with Crippen LogP contribution in [-0.4, -0.2) is 30.3 Å².